The molecule has 2 aromatic carbocycles. The zero-order chi connectivity index (χ0) is 14.7. The molecule has 4 heteroatoms. The second-order valence-electron chi connectivity index (χ2n) is 5.08. The number of anilines is 1. The van der Waals surface area contributed by atoms with Crippen LogP contribution in [0.1, 0.15) is 6.42 Å². The predicted molar refractivity (Wildman–Crippen MR) is 89.1 cm³/mol. The second kappa shape index (κ2) is 6.54. The summed E-state index contributed by atoms with van der Waals surface area (Å²) in [5, 5.41) is 0.669. The van der Waals surface area contributed by atoms with Gasteiger partial charge in [-0.25, -0.2) is 0 Å². The maximum atomic E-state index is 12.5. The van der Waals surface area contributed by atoms with Crippen molar-refractivity contribution in [2.75, 3.05) is 17.2 Å². The monoisotopic (exact) mass is 317 g/mol. The van der Waals surface area contributed by atoms with E-state index in [4.69, 9.17) is 11.6 Å². The van der Waals surface area contributed by atoms with E-state index in [1.807, 2.05) is 47.4 Å². The first-order valence-corrected chi connectivity index (χ1v) is 8.35. The third-order valence-electron chi connectivity index (χ3n) is 3.63. The summed E-state index contributed by atoms with van der Waals surface area (Å²) in [6.07, 6.45) is 0.908. The molecule has 0 N–H and O–H groups in total. The van der Waals surface area contributed by atoms with Gasteiger partial charge >= 0.3 is 0 Å². The van der Waals surface area contributed by atoms with E-state index in [-0.39, 0.29) is 11.8 Å². The van der Waals surface area contributed by atoms with Gasteiger partial charge in [0.25, 0.3) is 0 Å². The van der Waals surface area contributed by atoms with Gasteiger partial charge in [0.2, 0.25) is 5.91 Å². The number of nitrogens with zero attached hydrogens (tertiary/aromatic N) is 1. The van der Waals surface area contributed by atoms with Gasteiger partial charge in [-0.3, -0.25) is 4.79 Å². The molecule has 0 aromatic heterocycles. The lowest BCUT2D eigenvalue weighted by Crippen LogP contribution is -2.27. The fraction of sp³-hybridized carbons (Fsp3) is 0.235. The average molecular weight is 318 g/mol. The third-order valence-corrected chi connectivity index (χ3v) is 5.04. The highest BCUT2D eigenvalue weighted by Gasteiger charge is 2.32. The van der Waals surface area contributed by atoms with E-state index in [1.165, 1.54) is 4.90 Å². The first-order valence-electron chi connectivity index (χ1n) is 6.99. The molecule has 108 valence electrons. The van der Waals surface area contributed by atoms with Gasteiger partial charge in [0.05, 0.1) is 0 Å². The molecule has 21 heavy (non-hydrogen) atoms. The van der Waals surface area contributed by atoms with E-state index >= 15 is 0 Å². The van der Waals surface area contributed by atoms with Gasteiger partial charge in [-0.15, -0.1) is 11.8 Å². The van der Waals surface area contributed by atoms with Crippen molar-refractivity contribution >= 4 is 35.0 Å². The van der Waals surface area contributed by atoms with Gasteiger partial charge in [-0.05, 0) is 36.8 Å². The SMILES string of the molecule is O=C1C(CSc2ccccc2)CCN1c1cccc(Cl)c1. The lowest BCUT2D eigenvalue weighted by Gasteiger charge is -2.17. The van der Waals surface area contributed by atoms with Crippen LogP contribution in [0.15, 0.2) is 59.5 Å². The largest absolute Gasteiger partial charge is 0.312 e. The molecule has 0 aliphatic carbocycles. The Bertz CT molecular complexity index is 632. The van der Waals surface area contributed by atoms with Crippen LogP contribution >= 0.6 is 23.4 Å². The summed E-state index contributed by atoms with van der Waals surface area (Å²) in [4.78, 5) is 15.6. The van der Waals surface area contributed by atoms with E-state index < -0.39 is 0 Å². The van der Waals surface area contributed by atoms with Crippen LogP contribution in [0.5, 0.6) is 0 Å². The standard InChI is InChI=1S/C17H16ClNOS/c18-14-5-4-6-15(11-14)19-10-9-13(17(19)20)12-21-16-7-2-1-3-8-16/h1-8,11,13H,9-10,12H2. The number of thioether (sulfide) groups is 1. The van der Waals surface area contributed by atoms with E-state index in [0.717, 1.165) is 24.4 Å². The fourth-order valence-corrected chi connectivity index (χ4v) is 3.74. The van der Waals surface area contributed by atoms with Gasteiger partial charge in [0, 0.05) is 33.8 Å². The van der Waals surface area contributed by atoms with Crippen LogP contribution in [0.2, 0.25) is 5.02 Å². The molecule has 0 spiro atoms. The molecule has 0 saturated carbocycles. The minimum absolute atomic E-state index is 0.0918. The van der Waals surface area contributed by atoms with Crippen LogP contribution in [-0.4, -0.2) is 18.2 Å². The highest BCUT2D eigenvalue weighted by molar-refractivity contribution is 7.99. The van der Waals surface area contributed by atoms with Crippen molar-refractivity contribution in [2.45, 2.75) is 11.3 Å². The molecule has 3 rings (SSSR count). The predicted octanol–water partition coefficient (Wildman–Crippen LogP) is 4.49. The van der Waals surface area contributed by atoms with Crippen LogP contribution in [0.3, 0.4) is 0 Å². The van der Waals surface area contributed by atoms with E-state index in [0.29, 0.717) is 5.02 Å². The quantitative estimate of drug-likeness (QED) is 0.775. The van der Waals surface area contributed by atoms with Crippen molar-refractivity contribution in [1.82, 2.24) is 0 Å². The fourth-order valence-electron chi connectivity index (χ4n) is 2.51. The molecule has 1 amide bonds. The number of carbonyl (C=O) groups is 1. The Labute approximate surface area is 134 Å². The molecule has 0 radical (unpaired) electrons. The first-order chi connectivity index (χ1) is 10.2. The molecular formula is C17H16ClNOS. The Kier molecular flexibility index (Phi) is 4.51. The molecule has 1 saturated heterocycles. The summed E-state index contributed by atoms with van der Waals surface area (Å²) in [5.74, 6) is 1.13. The molecule has 2 nitrogen and oxygen atoms in total. The Hall–Kier alpha value is -1.45. The van der Waals surface area contributed by atoms with Crippen molar-refractivity contribution in [3.8, 4) is 0 Å². The number of benzene rings is 2. The summed E-state index contributed by atoms with van der Waals surface area (Å²) < 4.78 is 0. The summed E-state index contributed by atoms with van der Waals surface area (Å²) in [6.45, 7) is 0.777. The lowest BCUT2D eigenvalue weighted by atomic mass is 10.1. The smallest absolute Gasteiger partial charge is 0.231 e. The van der Waals surface area contributed by atoms with Crippen molar-refractivity contribution in [3.63, 3.8) is 0 Å². The summed E-state index contributed by atoms with van der Waals surface area (Å²) >= 11 is 7.75. The van der Waals surface area contributed by atoms with Gasteiger partial charge in [0.1, 0.15) is 0 Å². The zero-order valence-corrected chi connectivity index (χ0v) is 13.1. The molecule has 2 aromatic rings. The molecule has 1 aliphatic rings. The van der Waals surface area contributed by atoms with Crippen molar-refractivity contribution in [3.05, 3.63) is 59.6 Å². The number of carbonyl (C=O) groups excluding carboxylic acids is 1. The molecule has 1 aliphatic heterocycles. The number of hydrogen-bond donors (Lipinski definition) is 0. The van der Waals surface area contributed by atoms with E-state index in [2.05, 4.69) is 12.1 Å². The molecule has 1 fully saturated rings. The normalized spacial score (nSPS) is 18.2. The number of halogens is 1. The number of amides is 1. The van der Waals surface area contributed by atoms with Gasteiger partial charge in [-0.2, -0.15) is 0 Å². The summed E-state index contributed by atoms with van der Waals surface area (Å²) in [6, 6.07) is 17.7. The topological polar surface area (TPSA) is 20.3 Å². The maximum absolute atomic E-state index is 12.5. The van der Waals surface area contributed by atoms with Crippen LogP contribution in [0.4, 0.5) is 5.69 Å². The Morgan fingerprint density at radius 2 is 1.95 bits per heavy atom. The van der Waals surface area contributed by atoms with Crippen LogP contribution in [0.25, 0.3) is 0 Å². The van der Waals surface area contributed by atoms with Crippen molar-refractivity contribution in [1.29, 1.82) is 0 Å². The average Bonchev–Trinajstić information content (AvgIpc) is 2.87. The molecular weight excluding hydrogens is 302 g/mol. The third kappa shape index (κ3) is 3.42. The summed E-state index contributed by atoms with van der Waals surface area (Å²) in [5.41, 5.74) is 0.903. The Morgan fingerprint density at radius 1 is 1.14 bits per heavy atom. The van der Waals surface area contributed by atoms with Gasteiger partial charge in [0.15, 0.2) is 0 Å². The van der Waals surface area contributed by atoms with Gasteiger partial charge < -0.3 is 4.90 Å². The molecule has 0 bridgehead atoms. The number of rotatable bonds is 4. The number of hydrogen-bond acceptors (Lipinski definition) is 2. The maximum Gasteiger partial charge on any atom is 0.231 e. The minimum Gasteiger partial charge on any atom is -0.312 e. The van der Waals surface area contributed by atoms with Gasteiger partial charge in [-0.1, -0.05) is 35.9 Å². The zero-order valence-electron chi connectivity index (χ0n) is 11.5. The molecule has 1 heterocycles. The van der Waals surface area contributed by atoms with E-state index in [9.17, 15) is 4.79 Å². The lowest BCUT2D eigenvalue weighted by molar-refractivity contribution is -0.119. The van der Waals surface area contributed by atoms with Crippen molar-refractivity contribution < 1.29 is 4.79 Å². The highest BCUT2D eigenvalue weighted by atomic mass is 35.5. The Balaban J connectivity index is 1.64. The minimum atomic E-state index is 0.0918. The first kappa shape index (κ1) is 14.5. The highest BCUT2D eigenvalue weighted by Crippen LogP contribution is 2.30. The van der Waals surface area contributed by atoms with Crippen LogP contribution in [-0.2, 0) is 4.79 Å². The van der Waals surface area contributed by atoms with Crippen LogP contribution in [0, 0.1) is 5.92 Å². The van der Waals surface area contributed by atoms with Crippen molar-refractivity contribution in [2.24, 2.45) is 5.92 Å². The Morgan fingerprint density at radius 3 is 2.71 bits per heavy atom. The second-order valence-corrected chi connectivity index (χ2v) is 6.61. The molecule has 1 atom stereocenters. The summed E-state index contributed by atoms with van der Waals surface area (Å²) in [7, 11) is 0. The van der Waals surface area contributed by atoms with Crippen LogP contribution < -0.4 is 4.90 Å². The molecule has 1 unspecified atom stereocenters. The van der Waals surface area contributed by atoms with E-state index in [1.54, 1.807) is 11.8 Å².